The number of rotatable bonds is 3. The largest absolute Gasteiger partial charge is 0.448 e. The Morgan fingerprint density at radius 2 is 1.84 bits per heavy atom. The molecule has 1 fully saturated rings. The Morgan fingerprint density at radius 3 is 2.42 bits per heavy atom. The van der Waals surface area contributed by atoms with Gasteiger partial charge in [0.2, 0.25) is 6.29 Å². The number of aliphatic hydroxyl groups is 5. The van der Waals surface area contributed by atoms with E-state index in [0.29, 0.717) is 0 Å². The second-order valence-electron chi connectivity index (χ2n) is 4.36. The minimum Gasteiger partial charge on any atom is -0.448 e. The minimum atomic E-state index is -1.52. The van der Waals surface area contributed by atoms with E-state index >= 15 is 0 Å². The van der Waals surface area contributed by atoms with Crippen LogP contribution in [0.15, 0.2) is 4.99 Å². The topological polar surface area (TPSA) is 141 Å². The zero-order valence-electron chi connectivity index (χ0n) is 9.99. The van der Waals surface area contributed by atoms with Crippen molar-refractivity contribution in [3.63, 3.8) is 0 Å². The Balaban J connectivity index is 1.99. The minimum absolute atomic E-state index is 0.142. The molecule has 6 atom stereocenters. The summed E-state index contributed by atoms with van der Waals surface area (Å²) in [5, 5.41) is 46.7. The quantitative estimate of drug-likeness (QED) is 0.359. The van der Waals surface area contributed by atoms with E-state index in [-0.39, 0.29) is 19.3 Å². The fourth-order valence-electron chi connectivity index (χ4n) is 1.81. The molecule has 0 saturated carbocycles. The smallest absolute Gasteiger partial charge is 0.386 e. The second kappa shape index (κ2) is 5.99. The van der Waals surface area contributed by atoms with Crippen LogP contribution in [-0.4, -0.2) is 88.2 Å². The molecule has 2 aliphatic heterocycles. The van der Waals surface area contributed by atoms with E-state index < -0.39 is 43.4 Å². The number of hydrogen-bond donors (Lipinski definition) is 5. The lowest BCUT2D eigenvalue weighted by atomic mass is 9.99. The van der Waals surface area contributed by atoms with Crippen molar-refractivity contribution >= 4 is 6.08 Å². The van der Waals surface area contributed by atoms with Crippen LogP contribution in [0.2, 0.25) is 0 Å². The molecular formula is C10H17NO8. The first-order valence-electron chi connectivity index (χ1n) is 5.85. The van der Waals surface area contributed by atoms with Gasteiger partial charge in [0.15, 0.2) is 0 Å². The van der Waals surface area contributed by atoms with Crippen molar-refractivity contribution in [1.82, 2.24) is 0 Å². The van der Waals surface area contributed by atoms with Crippen LogP contribution in [0, 0.1) is 0 Å². The summed E-state index contributed by atoms with van der Waals surface area (Å²) in [6, 6.07) is -0.445. The molecular weight excluding hydrogens is 262 g/mol. The van der Waals surface area contributed by atoms with Gasteiger partial charge in [-0.2, -0.15) is 0 Å². The van der Waals surface area contributed by atoms with Crippen molar-refractivity contribution < 1.29 is 39.7 Å². The Kier molecular flexibility index (Phi) is 4.55. The fourth-order valence-corrected chi connectivity index (χ4v) is 1.81. The highest BCUT2D eigenvalue weighted by atomic mass is 16.8. The lowest BCUT2D eigenvalue weighted by Gasteiger charge is -2.39. The standard InChI is InChI=1S/C10H17NO8/c12-1-4-3-17-10(11-4)19-9-8(16)7(15)6(14)5(2-13)18-9/h4-9,12-16H,1-3H2/t4-,5+,6+,7-,8+,9-/m0/s1. The number of nitrogens with zero attached hydrogens (tertiary/aromatic N) is 1. The predicted molar refractivity (Wildman–Crippen MR) is 59.1 cm³/mol. The molecule has 5 N–H and O–H groups in total. The second-order valence-corrected chi connectivity index (χ2v) is 4.36. The Hall–Kier alpha value is -0.970. The van der Waals surface area contributed by atoms with Crippen molar-refractivity contribution in [2.45, 2.75) is 36.7 Å². The molecule has 0 amide bonds. The van der Waals surface area contributed by atoms with Gasteiger partial charge in [-0.15, -0.1) is 0 Å². The molecule has 0 aromatic rings. The highest BCUT2D eigenvalue weighted by Crippen LogP contribution is 2.23. The summed E-state index contributed by atoms with van der Waals surface area (Å²) in [5.41, 5.74) is 0. The van der Waals surface area contributed by atoms with E-state index in [0.717, 1.165) is 0 Å². The van der Waals surface area contributed by atoms with E-state index in [1.54, 1.807) is 0 Å². The molecule has 9 nitrogen and oxygen atoms in total. The van der Waals surface area contributed by atoms with Crippen LogP contribution in [-0.2, 0) is 14.2 Å². The lowest BCUT2D eigenvalue weighted by Crippen LogP contribution is -2.59. The molecule has 110 valence electrons. The summed E-state index contributed by atoms with van der Waals surface area (Å²) in [4.78, 5) is 3.85. The molecule has 19 heavy (non-hydrogen) atoms. The average Bonchev–Trinajstić information content (AvgIpc) is 2.87. The van der Waals surface area contributed by atoms with Gasteiger partial charge in [0, 0.05) is 0 Å². The molecule has 0 spiro atoms. The van der Waals surface area contributed by atoms with Gasteiger partial charge in [0.05, 0.1) is 13.2 Å². The Labute approximate surface area is 108 Å². The van der Waals surface area contributed by atoms with Gasteiger partial charge in [-0.25, -0.2) is 4.99 Å². The monoisotopic (exact) mass is 279 g/mol. The Bertz CT molecular complexity index is 335. The molecule has 0 aromatic carbocycles. The normalized spacial score (nSPS) is 42.7. The maximum Gasteiger partial charge on any atom is 0.386 e. The van der Waals surface area contributed by atoms with E-state index in [4.69, 9.17) is 24.4 Å². The number of hydrogen-bond acceptors (Lipinski definition) is 9. The zero-order valence-corrected chi connectivity index (χ0v) is 9.99. The van der Waals surface area contributed by atoms with Crippen LogP contribution in [0.3, 0.4) is 0 Å². The molecule has 2 aliphatic rings. The fraction of sp³-hybridized carbons (Fsp3) is 0.900. The third kappa shape index (κ3) is 2.96. The van der Waals surface area contributed by atoms with Gasteiger partial charge in [-0.05, 0) is 0 Å². The van der Waals surface area contributed by atoms with Gasteiger partial charge < -0.3 is 39.7 Å². The number of aliphatic hydroxyl groups excluding tert-OH is 5. The van der Waals surface area contributed by atoms with Gasteiger partial charge >= 0.3 is 6.08 Å². The van der Waals surface area contributed by atoms with Gasteiger partial charge in [-0.1, -0.05) is 0 Å². The summed E-state index contributed by atoms with van der Waals surface area (Å²) in [7, 11) is 0. The highest BCUT2D eigenvalue weighted by molar-refractivity contribution is 5.68. The summed E-state index contributed by atoms with van der Waals surface area (Å²) in [5.74, 6) is 0. The zero-order chi connectivity index (χ0) is 14.0. The van der Waals surface area contributed by atoms with E-state index in [2.05, 4.69) is 4.99 Å². The molecule has 0 aromatic heterocycles. The summed E-state index contributed by atoms with van der Waals surface area (Å²) >= 11 is 0. The van der Waals surface area contributed by atoms with Crippen LogP contribution in [0.4, 0.5) is 0 Å². The molecule has 9 heteroatoms. The molecule has 2 rings (SSSR count). The maximum absolute atomic E-state index is 9.70. The number of aliphatic imine (C=N–C) groups is 1. The maximum atomic E-state index is 9.70. The van der Waals surface area contributed by atoms with Crippen LogP contribution in [0.25, 0.3) is 0 Å². The van der Waals surface area contributed by atoms with Crippen molar-refractivity contribution in [3.8, 4) is 0 Å². The Morgan fingerprint density at radius 1 is 1.11 bits per heavy atom. The molecule has 0 radical (unpaired) electrons. The summed E-state index contributed by atoms with van der Waals surface area (Å²) in [6.07, 6.45) is -7.05. The van der Waals surface area contributed by atoms with Gasteiger partial charge in [0.1, 0.15) is 37.1 Å². The molecule has 1 saturated heterocycles. The molecule has 2 heterocycles. The lowest BCUT2D eigenvalue weighted by molar-refractivity contribution is -0.284. The van der Waals surface area contributed by atoms with Crippen LogP contribution >= 0.6 is 0 Å². The average molecular weight is 279 g/mol. The van der Waals surface area contributed by atoms with E-state index in [9.17, 15) is 15.3 Å². The van der Waals surface area contributed by atoms with E-state index in [1.165, 1.54) is 0 Å². The van der Waals surface area contributed by atoms with Crippen molar-refractivity contribution in [2.24, 2.45) is 4.99 Å². The van der Waals surface area contributed by atoms with Crippen LogP contribution in [0.1, 0.15) is 0 Å². The first-order chi connectivity index (χ1) is 9.06. The van der Waals surface area contributed by atoms with Crippen molar-refractivity contribution in [2.75, 3.05) is 19.8 Å². The van der Waals surface area contributed by atoms with Gasteiger partial charge in [-0.3, -0.25) is 0 Å². The summed E-state index contributed by atoms with van der Waals surface area (Å²) < 4.78 is 15.2. The number of ether oxygens (including phenoxy) is 3. The van der Waals surface area contributed by atoms with Crippen molar-refractivity contribution in [3.05, 3.63) is 0 Å². The van der Waals surface area contributed by atoms with Crippen LogP contribution in [0.5, 0.6) is 0 Å². The first kappa shape index (κ1) is 14.4. The predicted octanol–water partition coefficient (Wildman–Crippen LogP) is -3.45. The summed E-state index contributed by atoms with van der Waals surface area (Å²) in [6.45, 7) is -0.609. The van der Waals surface area contributed by atoms with Gasteiger partial charge in [0.25, 0.3) is 0 Å². The van der Waals surface area contributed by atoms with Crippen molar-refractivity contribution in [1.29, 1.82) is 0 Å². The third-order valence-corrected chi connectivity index (χ3v) is 2.96. The molecule has 0 bridgehead atoms. The molecule has 0 aliphatic carbocycles. The SMILES string of the molecule is OC[C@H]1COC(O[C@@H]2O[C@H](CO)[C@@H](O)[C@H](O)[C@H]2O)=N1. The van der Waals surface area contributed by atoms with E-state index in [1.807, 2.05) is 0 Å². The highest BCUT2D eigenvalue weighted by Gasteiger charge is 2.45. The molecule has 0 unspecified atom stereocenters. The first-order valence-corrected chi connectivity index (χ1v) is 5.85. The third-order valence-electron chi connectivity index (χ3n) is 2.96. The van der Waals surface area contributed by atoms with Crippen LogP contribution < -0.4 is 0 Å².